The van der Waals surface area contributed by atoms with Crippen LogP contribution in [0, 0.1) is 29.6 Å². The lowest BCUT2D eigenvalue weighted by Crippen LogP contribution is -2.60. The number of carbonyl (C=O) groups excluding carboxylic acids is 5. The maximum atomic E-state index is 14.7. The van der Waals surface area contributed by atoms with Gasteiger partial charge in [-0.05, 0) is 97.3 Å². The van der Waals surface area contributed by atoms with Gasteiger partial charge >= 0.3 is 17.9 Å². The van der Waals surface area contributed by atoms with Crippen LogP contribution in [0.3, 0.4) is 0 Å². The Balaban J connectivity index is 1.74. The Hall–Kier alpha value is -2.91. The van der Waals surface area contributed by atoms with Gasteiger partial charge in [0.15, 0.2) is 23.8 Å². The van der Waals surface area contributed by atoms with Crippen molar-refractivity contribution in [2.45, 2.75) is 148 Å². The molecule has 0 amide bonds. The van der Waals surface area contributed by atoms with Crippen LogP contribution in [0.2, 0.25) is 0 Å². The summed E-state index contributed by atoms with van der Waals surface area (Å²) in [6.45, 7) is 15.4. The minimum atomic E-state index is -1.34. The van der Waals surface area contributed by atoms with Crippen LogP contribution in [0.4, 0.5) is 0 Å². The molecule has 0 aromatic carbocycles. The number of likely N-dealkylation sites (N-methyl/N-ethyl adjacent to an activating group) is 1. The first-order valence-electron chi connectivity index (χ1n) is 20.0. The second-order valence-corrected chi connectivity index (χ2v) is 17.9. The van der Waals surface area contributed by atoms with Gasteiger partial charge in [-0.15, -0.1) is 11.8 Å². The van der Waals surface area contributed by atoms with Gasteiger partial charge in [-0.1, -0.05) is 27.7 Å². The van der Waals surface area contributed by atoms with Crippen LogP contribution in [0.15, 0.2) is 24.5 Å². The standard InChI is InChI=1S/C42H64N2O11S/c1-13-31-42(9)32(36(39(49)55-42)56-20-14-15-29-16-18-43-19-17-29)25(4)33(46)23(2)22-41(8,50-12)37(26(5)34(47)27(6)38(48)53-31)54-40-35(52-28(7)45)30(44(10)11)21-24(3)51-40/h16-19,23-27,30-32,35-37,40H,13-15,20-22H2,1-12H3/t23-,24-,25-,26+,27-,30+,31-,32+,35-,36+,37-,40+,41-,42-/m1/s1. The number of aromatic nitrogens is 1. The number of thioether (sulfide) groups is 1. The van der Waals surface area contributed by atoms with E-state index in [0.29, 0.717) is 12.2 Å². The van der Waals surface area contributed by atoms with Crippen LogP contribution in [0.25, 0.3) is 0 Å². The SMILES string of the molecule is CC[C@H]1OC(=O)[C@H](C)C(=O)[C@H](C)[C@@H](O[C@@H]2O[C@H](C)C[C@H](N(C)C)[C@H]2OC(C)=O)[C@](C)(OC)C[C@@H](C)C(=O)[C@H](C)[C@H]2[C@H](SCCCc3ccncc3)C(=O)O[C@@]21C. The highest BCUT2D eigenvalue weighted by atomic mass is 32.2. The number of hydrogen-bond acceptors (Lipinski definition) is 14. The minimum Gasteiger partial charge on any atom is -0.458 e. The molecular weight excluding hydrogens is 741 g/mol. The molecule has 0 N–H and O–H groups in total. The van der Waals surface area contributed by atoms with Crippen molar-refractivity contribution in [1.29, 1.82) is 0 Å². The van der Waals surface area contributed by atoms with Gasteiger partial charge in [0.1, 0.15) is 23.1 Å². The summed E-state index contributed by atoms with van der Waals surface area (Å²) in [6.07, 6.45) is 1.84. The monoisotopic (exact) mass is 804 g/mol. The molecule has 0 aliphatic carbocycles. The summed E-state index contributed by atoms with van der Waals surface area (Å²) in [5.41, 5.74) is -1.48. The number of fused-ring (bicyclic) bond motifs is 1. The fourth-order valence-electron chi connectivity index (χ4n) is 9.09. The number of ketones is 2. The van der Waals surface area contributed by atoms with E-state index >= 15 is 0 Å². The number of ether oxygens (including phenoxy) is 6. The molecule has 13 nitrogen and oxygen atoms in total. The fraction of sp³-hybridized carbons (Fsp3) is 0.762. The zero-order valence-corrected chi connectivity index (χ0v) is 36.1. The Morgan fingerprint density at radius 2 is 1.66 bits per heavy atom. The predicted octanol–water partition coefficient (Wildman–Crippen LogP) is 5.24. The largest absolute Gasteiger partial charge is 0.458 e. The molecule has 0 spiro atoms. The van der Waals surface area contributed by atoms with Gasteiger partial charge in [0.25, 0.3) is 0 Å². The van der Waals surface area contributed by atoms with Gasteiger partial charge in [-0.2, -0.15) is 0 Å². The summed E-state index contributed by atoms with van der Waals surface area (Å²) in [7, 11) is 5.26. The molecule has 0 radical (unpaired) electrons. The van der Waals surface area contributed by atoms with Crippen LogP contribution >= 0.6 is 11.8 Å². The van der Waals surface area contributed by atoms with E-state index in [1.807, 2.05) is 58.8 Å². The van der Waals surface area contributed by atoms with Crippen molar-refractivity contribution in [3.8, 4) is 0 Å². The number of nitrogens with zero attached hydrogens (tertiary/aromatic N) is 2. The molecule has 14 atom stereocenters. The van der Waals surface area contributed by atoms with Crippen molar-refractivity contribution in [3.63, 3.8) is 0 Å². The Bertz CT molecular complexity index is 1550. The van der Waals surface area contributed by atoms with E-state index in [0.717, 1.165) is 18.4 Å². The van der Waals surface area contributed by atoms with Gasteiger partial charge < -0.3 is 33.3 Å². The van der Waals surface area contributed by atoms with E-state index in [9.17, 15) is 24.0 Å². The third-order valence-corrected chi connectivity index (χ3v) is 13.6. The third-order valence-electron chi connectivity index (χ3n) is 12.2. The number of esters is 3. The Kier molecular flexibility index (Phi) is 15.7. The first-order chi connectivity index (χ1) is 26.3. The number of methoxy groups -OCH3 is 1. The lowest BCUT2D eigenvalue weighted by molar-refractivity contribution is -0.298. The summed E-state index contributed by atoms with van der Waals surface area (Å²) in [4.78, 5) is 75.3. The van der Waals surface area contributed by atoms with Crippen LogP contribution < -0.4 is 0 Å². The number of pyridine rings is 1. The highest BCUT2D eigenvalue weighted by Crippen LogP contribution is 2.49. The first kappa shape index (κ1) is 45.8. The van der Waals surface area contributed by atoms with Crippen LogP contribution in [-0.2, 0) is 58.8 Å². The van der Waals surface area contributed by atoms with Gasteiger partial charge in [0, 0.05) is 50.1 Å². The van der Waals surface area contributed by atoms with Crippen molar-refractivity contribution >= 4 is 41.2 Å². The minimum absolute atomic E-state index is 0.123. The number of cyclic esters (lactones) is 1. The first-order valence-corrected chi connectivity index (χ1v) is 21.0. The molecule has 14 heteroatoms. The highest BCUT2D eigenvalue weighted by Gasteiger charge is 2.61. The zero-order valence-electron chi connectivity index (χ0n) is 35.3. The van der Waals surface area contributed by atoms with Gasteiger partial charge in [0.2, 0.25) is 0 Å². The number of Topliss-reactive ketones (excluding diaryl/α,β-unsaturated/α-hetero) is 2. The summed E-state index contributed by atoms with van der Waals surface area (Å²) < 4.78 is 37.4. The molecule has 0 saturated carbocycles. The van der Waals surface area contributed by atoms with Crippen molar-refractivity contribution in [2.75, 3.05) is 27.0 Å². The van der Waals surface area contributed by atoms with Crippen molar-refractivity contribution < 1.29 is 52.4 Å². The quantitative estimate of drug-likeness (QED) is 0.124. The highest BCUT2D eigenvalue weighted by molar-refractivity contribution is 8.00. The average Bonchev–Trinajstić information content (AvgIpc) is 3.42. The molecule has 3 aliphatic heterocycles. The third kappa shape index (κ3) is 10.0. The van der Waals surface area contributed by atoms with Crippen molar-refractivity contribution in [2.24, 2.45) is 29.6 Å². The predicted molar refractivity (Wildman–Crippen MR) is 211 cm³/mol. The molecule has 1 aromatic rings. The van der Waals surface area contributed by atoms with Gasteiger partial charge in [0.05, 0.1) is 23.9 Å². The lowest BCUT2D eigenvalue weighted by Gasteiger charge is -2.47. The molecule has 314 valence electrons. The Morgan fingerprint density at radius 3 is 2.25 bits per heavy atom. The van der Waals surface area contributed by atoms with Gasteiger partial charge in [-0.3, -0.25) is 29.0 Å². The fourth-order valence-corrected chi connectivity index (χ4v) is 10.5. The van der Waals surface area contributed by atoms with E-state index in [2.05, 4.69) is 4.98 Å². The Labute approximate surface area is 337 Å². The average molecular weight is 805 g/mol. The maximum absolute atomic E-state index is 14.7. The summed E-state index contributed by atoms with van der Waals surface area (Å²) in [5, 5.41) is -0.693. The molecule has 3 saturated heterocycles. The van der Waals surface area contributed by atoms with E-state index in [1.54, 1.807) is 33.2 Å². The lowest BCUT2D eigenvalue weighted by atomic mass is 9.70. The number of rotatable bonds is 11. The zero-order chi connectivity index (χ0) is 41.7. The summed E-state index contributed by atoms with van der Waals surface area (Å²) in [5.74, 6) is -5.86. The smallest absolute Gasteiger partial charge is 0.320 e. The maximum Gasteiger partial charge on any atom is 0.320 e. The van der Waals surface area contributed by atoms with Crippen molar-refractivity contribution in [3.05, 3.63) is 30.1 Å². The Morgan fingerprint density at radius 1 is 1.00 bits per heavy atom. The summed E-state index contributed by atoms with van der Waals surface area (Å²) >= 11 is 1.46. The molecule has 3 fully saturated rings. The molecule has 0 unspecified atom stereocenters. The molecule has 4 heterocycles. The second kappa shape index (κ2) is 19.2. The van der Waals surface area contributed by atoms with E-state index in [-0.39, 0.29) is 30.8 Å². The number of hydrogen-bond donors (Lipinski definition) is 0. The van der Waals surface area contributed by atoms with E-state index in [4.69, 9.17) is 28.4 Å². The van der Waals surface area contributed by atoms with Crippen LogP contribution in [-0.4, -0.2) is 120 Å². The molecule has 1 aromatic heterocycles. The topological polar surface area (TPSA) is 157 Å². The van der Waals surface area contributed by atoms with E-state index in [1.165, 1.54) is 32.7 Å². The van der Waals surface area contributed by atoms with Crippen LogP contribution in [0.1, 0.15) is 93.6 Å². The molecule has 4 rings (SSSR count). The van der Waals surface area contributed by atoms with E-state index < -0.39 is 94.3 Å². The summed E-state index contributed by atoms with van der Waals surface area (Å²) in [6, 6.07) is 3.66. The normalized spacial score (nSPS) is 38.7. The van der Waals surface area contributed by atoms with Gasteiger partial charge in [-0.25, -0.2) is 0 Å². The molecular formula is C42H64N2O11S. The second-order valence-electron chi connectivity index (χ2n) is 16.7. The molecule has 56 heavy (non-hydrogen) atoms. The molecule has 3 aliphatic rings. The number of carbonyl (C=O) groups is 5. The van der Waals surface area contributed by atoms with Crippen LogP contribution in [0.5, 0.6) is 0 Å². The van der Waals surface area contributed by atoms with Crippen molar-refractivity contribution in [1.82, 2.24) is 9.88 Å². The number of aryl methyl sites for hydroxylation is 1. The molecule has 0 bridgehead atoms.